The second-order valence-corrected chi connectivity index (χ2v) is 10.0. The van der Waals surface area contributed by atoms with Crippen LogP contribution in [0.3, 0.4) is 0 Å². The molecule has 2 aliphatic rings. The molecule has 0 spiro atoms. The zero-order chi connectivity index (χ0) is 24.1. The molecule has 0 atom stereocenters. The van der Waals surface area contributed by atoms with Gasteiger partial charge in [0.25, 0.3) is 5.91 Å². The van der Waals surface area contributed by atoms with Gasteiger partial charge in [0.05, 0.1) is 24.6 Å². The van der Waals surface area contributed by atoms with Crippen molar-refractivity contribution in [2.24, 2.45) is 5.92 Å². The fourth-order valence-corrected chi connectivity index (χ4v) is 4.69. The van der Waals surface area contributed by atoms with Crippen LogP contribution in [-0.4, -0.2) is 70.7 Å². The predicted molar refractivity (Wildman–Crippen MR) is 127 cm³/mol. The van der Waals surface area contributed by atoms with Crippen molar-refractivity contribution < 1.29 is 18.3 Å². The van der Waals surface area contributed by atoms with Crippen molar-refractivity contribution in [2.45, 2.75) is 51.6 Å². The molecule has 2 aliphatic heterocycles. The highest BCUT2D eigenvalue weighted by molar-refractivity contribution is 5.95. The number of carbonyl (C=O) groups is 1. The van der Waals surface area contributed by atoms with Gasteiger partial charge in [-0.3, -0.25) is 4.79 Å². The van der Waals surface area contributed by atoms with Crippen molar-refractivity contribution in [3.8, 4) is 17.1 Å². The molecule has 2 aromatic rings. The number of benzene rings is 1. The molecular weight excluding hydrogens is 438 g/mol. The first-order valence-electron chi connectivity index (χ1n) is 12.2. The van der Waals surface area contributed by atoms with E-state index in [0.717, 1.165) is 45.2 Å². The Morgan fingerprint density at radius 3 is 2.38 bits per heavy atom. The van der Waals surface area contributed by atoms with E-state index in [0.29, 0.717) is 49.3 Å². The van der Waals surface area contributed by atoms with E-state index in [2.05, 4.69) is 14.9 Å². The SMILES string of the molecule is CC(C)(F)CN1CCC(COc2cnc(-c3ccc(C(=O)N4CCCCC4)c(F)c3)nc2)CC1. The van der Waals surface area contributed by atoms with Crippen LogP contribution in [0.15, 0.2) is 30.6 Å². The molecule has 6 nitrogen and oxygen atoms in total. The lowest BCUT2D eigenvalue weighted by Crippen LogP contribution is -2.41. The first kappa shape index (κ1) is 24.5. The van der Waals surface area contributed by atoms with E-state index in [1.54, 1.807) is 37.2 Å². The first-order valence-corrected chi connectivity index (χ1v) is 12.2. The van der Waals surface area contributed by atoms with Gasteiger partial charge in [-0.15, -0.1) is 0 Å². The molecule has 8 heteroatoms. The number of hydrogen-bond donors (Lipinski definition) is 0. The highest BCUT2D eigenvalue weighted by Crippen LogP contribution is 2.24. The molecule has 1 amide bonds. The van der Waals surface area contributed by atoms with Gasteiger partial charge in [0.15, 0.2) is 11.6 Å². The van der Waals surface area contributed by atoms with Crippen molar-refractivity contribution in [1.29, 1.82) is 0 Å². The molecule has 2 fully saturated rings. The van der Waals surface area contributed by atoms with Crippen LogP contribution in [0.4, 0.5) is 8.78 Å². The lowest BCUT2D eigenvalue weighted by atomic mass is 9.97. The Labute approximate surface area is 200 Å². The van der Waals surface area contributed by atoms with Crippen LogP contribution in [0, 0.1) is 11.7 Å². The summed E-state index contributed by atoms with van der Waals surface area (Å²) < 4.78 is 34.4. The topological polar surface area (TPSA) is 58.6 Å². The average molecular weight is 473 g/mol. The van der Waals surface area contributed by atoms with E-state index < -0.39 is 11.5 Å². The van der Waals surface area contributed by atoms with Crippen LogP contribution in [0.25, 0.3) is 11.4 Å². The Kier molecular flexibility index (Phi) is 7.76. The Balaban J connectivity index is 1.30. The largest absolute Gasteiger partial charge is 0.490 e. The summed E-state index contributed by atoms with van der Waals surface area (Å²) >= 11 is 0. The van der Waals surface area contributed by atoms with Crippen LogP contribution >= 0.6 is 0 Å². The number of carbonyl (C=O) groups excluding carboxylic acids is 1. The van der Waals surface area contributed by atoms with Crippen molar-refractivity contribution in [3.63, 3.8) is 0 Å². The standard InChI is InChI=1S/C26H34F2N4O2/c1-26(2,28)18-31-12-8-19(9-13-31)17-34-21-15-29-24(30-16-21)20-6-7-22(23(27)14-20)25(33)32-10-4-3-5-11-32/h6-7,14-16,19H,3-5,8-13,17-18H2,1-2H3. The summed E-state index contributed by atoms with van der Waals surface area (Å²) in [5.41, 5.74) is -0.566. The van der Waals surface area contributed by atoms with Crippen LogP contribution in [0.1, 0.15) is 56.3 Å². The molecule has 1 aromatic carbocycles. The minimum atomic E-state index is -1.17. The second kappa shape index (κ2) is 10.8. The number of hydrogen-bond acceptors (Lipinski definition) is 5. The first-order chi connectivity index (χ1) is 16.3. The Morgan fingerprint density at radius 1 is 1.09 bits per heavy atom. The van der Waals surface area contributed by atoms with Gasteiger partial charge in [0.1, 0.15) is 11.5 Å². The lowest BCUT2D eigenvalue weighted by Gasteiger charge is -2.34. The zero-order valence-electron chi connectivity index (χ0n) is 20.1. The van der Waals surface area contributed by atoms with E-state index in [1.165, 1.54) is 12.1 Å². The number of halogens is 2. The number of ether oxygens (including phenoxy) is 1. The van der Waals surface area contributed by atoms with Gasteiger partial charge in [-0.25, -0.2) is 18.7 Å². The minimum Gasteiger partial charge on any atom is -0.490 e. The van der Waals surface area contributed by atoms with Crippen molar-refractivity contribution in [3.05, 3.63) is 42.0 Å². The second-order valence-electron chi connectivity index (χ2n) is 10.0. The Bertz CT molecular complexity index is 964. The molecule has 34 heavy (non-hydrogen) atoms. The molecule has 0 unspecified atom stereocenters. The van der Waals surface area contributed by atoms with Crippen LogP contribution in [0.5, 0.6) is 5.75 Å². The van der Waals surface area contributed by atoms with E-state index in [1.807, 2.05) is 0 Å². The highest BCUT2D eigenvalue weighted by atomic mass is 19.1. The number of nitrogens with zero attached hydrogens (tertiary/aromatic N) is 4. The maximum Gasteiger partial charge on any atom is 0.256 e. The highest BCUT2D eigenvalue weighted by Gasteiger charge is 2.26. The summed E-state index contributed by atoms with van der Waals surface area (Å²) in [6.45, 7) is 7.37. The van der Waals surface area contributed by atoms with Gasteiger partial charge < -0.3 is 14.5 Å². The van der Waals surface area contributed by atoms with E-state index in [4.69, 9.17) is 4.74 Å². The molecule has 0 saturated carbocycles. The number of likely N-dealkylation sites (tertiary alicyclic amines) is 2. The van der Waals surface area contributed by atoms with Gasteiger partial charge in [-0.05, 0) is 77.1 Å². The molecular formula is C26H34F2N4O2. The van der Waals surface area contributed by atoms with Crippen molar-refractivity contribution in [2.75, 3.05) is 39.3 Å². The van der Waals surface area contributed by atoms with Crippen LogP contribution in [0.2, 0.25) is 0 Å². The lowest BCUT2D eigenvalue weighted by molar-refractivity contribution is 0.0719. The van der Waals surface area contributed by atoms with E-state index >= 15 is 0 Å². The summed E-state index contributed by atoms with van der Waals surface area (Å²) in [5, 5.41) is 0. The smallest absolute Gasteiger partial charge is 0.256 e. The summed E-state index contributed by atoms with van der Waals surface area (Å²) in [6.07, 6.45) is 8.16. The normalized spacial score (nSPS) is 18.2. The molecule has 4 rings (SSSR count). The number of alkyl halides is 1. The van der Waals surface area contributed by atoms with Crippen LogP contribution in [-0.2, 0) is 0 Å². The van der Waals surface area contributed by atoms with Gasteiger partial charge in [-0.1, -0.05) is 6.07 Å². The minimum absolute atomic E-state index is 0.0896. The monoisotopic (exact) mass is 472 g/mol. The number of rotatable bonds is 7. The summed E-state index contributed by atoms with van der Waals surface area (Å²) in [4.78, 5) is 25.1. The third-order valence-corrected chi connectivity index (χ3v) is 6.52. The summed E-state index contributed by atoms with van der Waals surface area (Å²) in [7, 11) is 0. The maximum absolute atomic E-state index is 14.7. The van der Waals surface area contributed by atoms with E-state index in [-0.39, 0.29) is 11.5 Å². The average Bonchev–Trinajstić information content (AvgIpc) is 2.83. The number of amides is 1. The van der Waals surface area contributed by atoms with Crippen molar-refractivity contribution >= 4 is 5.91 Å². The zero-order valence-corrected chi connectivity index (χ0v) is 20.1. The Hall–Kier alpha value is -2.61. The third-order valence-electron chi connectivity index (χ3n) is 6.52. The molecule has 3 heterocycles. The Morgan fingerprint density at radius 2 is 1.76 bits per heavy atom. The quantitative estimate of drug-likeness (QED) is 0.582. The summed E-state index contributed by atoms with van der Waals surface area (Å²) in [6, 6.07) is 4.52. The maximum atomic E-state index is 14.7. The molecule has 0 bridgehead atoms. The molecule has 0 aliphatic carbocycles. The summed E-state index contributed by atoms with van der Waals surface area (Å²) in [5.74, 6) is 0.545. The van der Waals surface area contributed by atoms with Gasteiger partial charge in [0, 0.05) is 25.2 Å². The van der Waals surface area contributed by atoms with E-state index in [9.17, 15) is 13.6 Å². The number of piperidine rings is 2. The van der Waals surface area contributed by atoms with Gasteiger partial charge in [0.2, 0.25) is 0 Å². The number of aromatic nitrogens is 2. The fourth-order valence-electron chi connectivity index (χ4n) is 4.69. The molecule has 184 valence electrons. The van der Waals surface area contributed by atoms with Crippen molar-refractivity contribution in [1.82, 2.24) is 19.8 Å². The van der Waals surface area contributed by atoms with Gasteiger partial charge in [-0.2, -0.15) is 0 Å². The molecule has 0 radical (unpaired) electrons. The van der Waals surface area contributed by atoms with Crippen LogP contribution < -0.4 is 4.74 Å². The molecule has 2 saturated heterocycles. The van der Waals surface area contributed by atoms with Gasteiger partial charge >= 0.3 is 0 Å². The predicted octanol–water partition coefficient (Wildman–Crippen LogP) is 4.75. The molecule has 1 aromatic heterocycles. The molecule has 0 N–H and O–H groups in total. The fraction of sp³-hybridized carbons (Fsp3) is 0.577. The third kappa shape index (κ3) is 6.50.